The Morgan fingerprint density at radius 3 is 2.45 bits per heavy atom. The molecule has 2 fully saturated rings. The van der Waals surface area contributed by atoms with Crippen molar-refractivity contribution in [3.05, 3.63) is 35.9 Å². The fourth-order valence-electron chi connectivity index (χ4n) is 3.92. The van der Waals surface area contributed by atoms with Crippen molar-refractivity contribution >= 4 is 6.09 Å². The maximum atomic E-state index is 12.2. The van der Waals surface area contributed by atoms with Crippen molar-refractivity contribution in [1.29, 1.82) is 0 Å². The minimum absolute atomic E-state index is 0.219. The maximum absolute atomic E-state index is 12.2. The number of carbonyl (C=O) groups is 1. The van der Waals surface area contributed by atoms with E-state index in [4.69, 9.17) is 4.74 Å². The second kappa shape index (κ2) is 5.92. The Kier molecular flexibility index (Phi) is 4.13. The molecule has 0 radical (unpaired) electrons. The van der Waals surface area contributed by atoms with Gasteiger partial charge in [0.2, 0.25) is 0 Å². The van der Waals surface area contributed by atoms with Gasteiger partial charge in [-0.3, -0.25) is 0 Å². The number of carbonyl (C=O) groups excluding carboxylic acids is 1. The SMILES string of the molecule is CC1(O)CCC2(CCN(C(=O)OCc3ccccc3)CC2)C1. The second-order valence-corrected chi connectivity index (χ2v) is 7.20. The molecule has 1 saturated carbocycles. The highest BCUT2D eigenvalue weighted by molar-refractivity contribution is 5.67. The Hall–Kier alpha value is -1.55. The number of hydrogen-bond acceptors (Lipinski definition) is 3. The molecule has 0 bridgehead atoms. The van der Waals surface area contributed by atoms with Crippen molar-refractivity contribution in [2.75, 3.05) is 13.1 Å². The first kappa shape index (κ1) is 15.3. The first-order chi connectivity index (χ1) is 10.5. The van der Waals surface area contributed by atoms with E-state index in [1.165, 1.54) is 0 Å². The molecule has 3 rings (SSSR count). The summed E-state index contributed by atoms with van der Waals surface area (Å²) in [4.78, 5) is 14.0. The lowest BCUT2D eigenvalue weighted by molar-refractivity contribution is 0.0300. The number of rotatable bonds is 2. The summed E-state index contributed by atoms with van der Waals surface area (Å²) in [5, 5.41) is 10.2. The maximum Gasteiger partial charge on any atom is 0.410 e. The van der Waals surface area contributed by atoms with Gasteiger partial charge in [-0.1, -0.05) is 30.3 Å². The summed E-state index contributed by atoms with van der Waals surface area (Å²) in [5.74, 6) is 0. The molecule has 1 saturated heterocycles. The largest absolute Gasteiger partial charge is 0.445 e. The summed E-state index contributed by atoms with van der Waals surface area (Å²) >= 11 is 0. The van der Waals surface area contributed by atoms with Gasteiger partial charge < -0.3 is 14.7 Å². The minimum atomic E-state index is -0.518. The molecule has 1 aromatic carbocycles. The van der Waals surface area contributed by atoms with Crippen LogP contribution in [-0.2, 0) is 11.3 Å². The topological polar surface area (TPSA) is 49.8 Å². The highest BCUT2D eigenvalue weighted by Crippen LogP contribution is 2.50. The standard InChI is InChI=1S/C18H25NO3/c1-17(21)7-8-18(14-17)9-11-19(12-10-18)16(20)22-13-15-5-3-2-4-6-15/h2-6,21H,7-14H2,1H3. The van der Waals surface area contributed by atoms with Crippen molar-refractivity contribution in [3.63, 3.8) is 0 Å². The Bertz CT molecular complexity index is 518. The van der Waals surface area contributed by atoms with E-state index < -0.39 is 5.60 Å². The van der Waals surface area contributed by atoms with Gasteiger partial charge in [0.15, 0.2) is 0 Å². The van der Waals surface area contributed by atoms with Gasteiger partial charge in [-0.25, -0.2) is 4.79 Å². The van der Waals surface area contributed by atoms with E-state index in [2.05, 4.69) is 0 Å². The Morgan fingerprint density at radius 2 is 1.86 bits per heavy atom. The van der Waals surface area contributed by atoms with Gasteiger partial charge in [-0.15, -0.1) is 0 Å². The van der Waals surface area contributed by atoms with Gasteiger partial charge in [-0.05, 0) is 50.0 Å². The lowest BCUT2D eigenvalue weighted by Crippen LogP contribution is -2.43. The Labute approximate surface area is 132 Å². The van der Waals surface area contributed by atoms with Gasteiger partial charge in [0.25, 0.3) is 0 Å². The molecule has 22 heavy (non-hydrogen) atoms. The van der Waals surface area contributed by atoms with E-state index in [9.17, 15) is 9.90 Å². The van der Waals surface area contributed by atoms with Gasteiger partial charge in [0, 0.05) is 13.1 Å². The van der Waals surface area contributed by atoms with E-state index in [0.29, 0.717) is 6.61 Å². The molecular formula is C18H25NO3. The number of aliphatic hydroxyl groups is 1. The number of hydrogen-bond donors (Lipinski definition) is 1. The Morgan fingerprint density at radius 1 is 1.18 bits per heavy atom. The molecule has 120 valence electrons. The minimum Gasteiger partial charge on any atom is -0.445 e. The van der Waals surface area contributed by atoms with E-state index >= 15 is 0 Å². The molecule has 1 N–H and O–H groups in total. The van der Waals surface area contributed by atoms with Gasteiger partial charge in [0.1, 0.15) is 6.61 Å². The number of nitrogens with zero attached hydrogens (tertiary/aromatic N) is 1. The quantitative estimate of drug-likeness (QED) is 0.911. The smallest absolute Gasteiger partial charge is 0.410 e. The van der Waals surface area contributed by atoms with Crippen molar-refractivity contribution in [3.8, 4) is 0 Å². The molecule has 1 heterocycles. The normalized spacial score (nSPS) is 27.1. The van der Waals surface area contributed by atoms with Crippen LogP contribution in [0.4, 0.5) is 4.79 Å². The summed E-state index contributed by atoms with van der Waals surface area (Å²) in [5.41, 5.74) is 0.728. The van der Waals surface area contributed by atoms with Crippen molar-refractivity contribution < 1.29 is 14.6 Å². The highest BCUT2D eigenvalue weighted by atomic mass is 16.6. The molecule has 4 nitrogen and oxygen atoms in total. The molecule has 1 aliphatic heterocycles. The number of benzene rings is 1. The summed E-state index contributed by atoms with van der Waals surface area (Å²) in [6, 6.07) is 9.75. The van der Waals surface area contributed by atoms with Crippen LogP contribution in [0.1, 0.15) is 44.6 Å². The zero-order valence-electron chi connectivity index (χ0n) is 13.3. The molecule has 1 spiro atoms. The third kappa shape index (κ3) is 3.43. The van der Waals surface area contributed by atoms with Crippen LogP contribution in [0, 0.1) is 5.41 Å². The van der Waals surface area contributed by atoms with Crippen LogP contribution in [0.15, 0.2) is 30.3 Å². The third-order valence-electron chi connectivity index (χ3n) is 5.24. The average Bonchev–Trinajstić information content (AvgIpc) is 2.81. The average molecular weight is 303 g/mol. The van der Waals surface area contributed by atoms with Crippen LogP contribution in [-0.4, -0.2) is 34.8 Å². The third-order valence-corrected chi connectivity index (χ3v) is 5.24. The van der Waals surface area contributed by atoms with Crippen molar-refractivity contribution in [2.24, 2.45) is 5.41 Å². The van der Waals surface area contributed by atoms with Gasteiger partial charge in [-0.2, -0.15) is 0 Å². The number of likely N-dealkylation sites (tertiary alicyclic amines) is 1. The second-order valence-electron chi connectivity index (χ2n) is 7.20. The predicted molar refractivity (Wildman–Crippen MR) is 84.3 cm³/mol. The van der Waals surface area contributed by atoms with Crippen LogP contribution in [0.2, 0.25) is 0 Å². The molecule has 1 aromatic rings. The predicted octanol–water partition coefficient (Wildman–Crippen LogP) is 3.34. The van der Waals surface area contributed by atoms with Crippen molar-refractivity contribution in [2.45, 2.75) is 51.2 Å². The molecule has 0 aromatic heterocycles. The van der Waals surface area contributed by atoms with Crippen LogP contribution < -0.4 is 0 Å². The first-order valence-corrected chi connectivity index (χ1v) is 8.16. The van der Waals surface area contributed by atoms with E-state index in [1.807, 2.05) is 37.3 Å². The van der Waals surface area contributed by atoms with E-state index in [-0.39, 0.29) is 11.5 Å². The van der Waals surface area contributed by atoms with E-state index in [1.54, 1.807) is 4.90 Å². The van der Waals surface area contributed by atoms with Crippen LogP contribution >= 0.6 is 0 Å². The van der Waals surface area contributed by atoms with Crippen LogP contribution in [0.25, 0.3) is 0 Å². The lowest BCUT2D eigenvalue weighted by Gasteiger charge is -2.39. The van der Waals surface area contributed by atoms with E-state index in [0.717, 1.165) is 50.8 Å². The number of ether oxygens (including phenoxy) is 1. The number of amides is 1. The molecule has 1 unspecified atom stereocenters. The summed E-state index contributed by atoms with van der Waals surface area (Å²) in [6.45, 7) is 3.74. The molecule has 1 atom stereocenters. The van der Waals surface area contributed by atoms with Gasteiger partial charge in [0.05, 0.1) is 5.60 Å². The fraction of sp³-hybridized carbons (Fsp3) is 0.611. The van der Waals surface area contributed by atoms with Gasteiger partial charge >= 0.3 is 6.09 Å². The highest BCUT2D eigenvalue weighted by Gasteiger charge is 2.46. The zero-order chi connectivity index (χ0) is 15.6. The molecule has 4 heteroatoms. The van der Waals surface area contributed by atoms with Crippen LogP contribution in [0.3, 0.4) is 0 Å². The molecule has 1 amide bonds. The Balaban J connectivity index is 1.48. The van der Waals surface area contributed by atoms with Crippen molar-refractivity contribution in [1.82, 2.24) is 4.90 Å². The fourth-order valence-corrected chi connectivity index (χ4v) is 3.92. The number of piperidine rings is 1. The summed E-state index contributed by atoms with van der Waals surface area (Å²) < 4.78 is 5.40. The molecule has 2 aliphatic rings. The summed E-state index contributed by atoms with van der Waals surface area (Å²) in [6.07, 6.45) is 4.56. The first-order valence-electron chi connectivity index (χ1n) is 8.16. The lowest BCUT2D eigenvalue weighted by atomic mass is 9.76. The zero-order valence-corrected chi connectivity index (χ0v) is 13.3. The summed E-state index contributed by atoms with van der Waals surface area (Å²) in [7, 11) is 0. The molecule has 1 aliphatic carbocycles. The van der Waals surface area contributed by atoms with Crippen LogP contribution in [0.5, 0.6) is 0 Å². The molecular weight excluding hydrogens is 278 g/mol. The monoisotopic (exact) mass is 303 g/mol.